The topological polar surface area (TPSA) is 30.2 Å². The maximum Gasteiger partial charge on any atom is 0.274 e. The quantitative estimate of drug-likeness (QED) is 0.544. The number of hydrogen-bond donors (Lipinski definition) is 0. The lowest BCUT2D eigenvalue weighted by Gasteiger charge is -2.18. The Bertz CT molecular complexity index is 341. The number of hydrogen-bond acceptors (Lipinski definition) is 2. The first-order chi connectivity index (χ1) is 7.15. The second-order valence-corrected chi connectivity index (χ2v) is 3.44. The van der Waals surface area contributed by atoms with Crippen LogP contribution >= 0.6 is 0 Å². The summed E-state index contributed by atoms with van der Waals surface area (Å²) in [6.07, 6.45) is 1.92. The molecule has 1 heterocycles. The first-order valence-corrected chi connectivity index (χ1v) is 5.13. The summed E-state index contributed by atoms with van der Waals surface area (Å²) in [5.41, 5.74) is 1.09. The second kappa shape index (κ2) is 5.54. The molecule has 1 atom stereocenters. The molecule has 15 heavy (non-hydrogen) atoms. The number of carbonyl (C=O) groups is 1. The molecule has 0 saturated carbocycles. The van der Waals surface area contributed by atoms with Crippen molar-refractivity contribution in [1.82, 2.24) is 0 Å². The maximum absolute atomic E-state index is 11.4. The number of pyridine rings is 1. The van der Waals surface area contributed by atoms with Crippen LogP contribution in [0.2, 0.25) is 5.82 Å². The molecule has 0 fully saturated rings. The Morgan fingerprint density at radius 3 is 2.93 bits per heavy atom. The minimum atomic E-state index is -0.226. The zero-order valence-corrected chi connectivity index (χ0v) is 9.43. The van der Waals surface area contributed by atoms with Crippen LogP contribution in [0, 0.1) is 6.92 Å². The molecule has 3 nitrogen and oxygen atoms in total. The Balaban J connectivity index is 2.62. The van der Waals surface area contributed by atoms with Gasteiger partial charge in [-0.25, -0.2) is 0 Å². The van der Waals surface area contributed by atoms with Crippen LogP contribution in [-0.4, -0.2) is 20.0 Å². The summed E-state index contributed by atoms with van der Waals surface area (Å²) in [6, 6.07) is 5.89. The van der Waals surface area contributed by atoms with E-state index in [-0.39, 0.29) is 11.8 Å². The molecule has 1 rings (SSSR count). The van der Waals surface area contributed by atoms with Gasteiger partial charge in [-0.2, -0.15) is 0 Å². The number of esters is 1. The Labute approximate surface area is 91.3 Å². The van der Waals surface area contributed by atoms with Crippen molar-refractivity contribution >= 4 is 13.4 Å². The molecule has 0 N–H and O–H groups in total. The van der Waals surface area contributed by atoms with Crippen molar-refractivity contribution in [2.75, 3.05) is 6.61 Å². The molecule has 0 amide bonds. The van der Waals surface area contributed by atoms with Crippen LogP contribution in [0.3, 0.4) is 0 Å². The highest BCUT2D eigenvalue weighted by Crippen LogP contribution is 2.02. The third-order valence-electron chi connectivity index (χ3n) is 2.15. The van der Waals surface area contributed by atoms with Gasteiger partial charge in [-0.15, -0.1) is 0 Å². The van der Waals surface area contributed by atoms with Gasteiger partial charge < -0.3 is 9.21 Å². The first kappa shape index (κ1) is 11.8. The van der Waals surface area contributed by atoms with E-state index in [0.717, 1.165) is 5.69 Å². The minimum absolute atomic E-state index is 0.187. The Kier molecular flexibility index (Phi) is 4.34. The minimum Gasteiger partial charge on any atom is -0.475 e. The number of rotatable bonds is 4. The smallest absolute Gasteiger partial charge is 0.274 e. The van der Waals surface area contributed by atoms with Gasteiger partial charge in [0, 0.05) is 6.92 Å². The van der Waals surface area contributed by atoms with Crippen molar-refractivity contribution in [3.63, 3.8) is 0 Å². The summed E-state index contributed by atoms with van der Waals surface area (Å²) >= 11 is 0. The Morgan fingerprint density at radius 1 is 1.60 bits per heavy atom. The molecule has 4 heteroatoms. The van der Waals surface area contributed by atoms with Gasteiger partial charge in [-0.05, 0) is 19.1 Å². The molecule has 1 aromatic rings. The number of carbonyl (C=O) groups excluding carboxylic acids is 1. The van der Waals surface area contributed by atoms with Gasteiger partial charge in [0.2, 0.25) is 0 Å². The van der Waals surface area contributed by atoms with E-state index in [1.807, 2.05) is 57.1 Å². The monoisotopic (exact) mass is 205 g/mol. The number of ether oxygens (including phenoxy) is 1. The van der Waals surface area contributed by atoms with Crippen LogP contribution < -0.4 is 4.48 Å². The highest BCUT2D eigenvalue weighted by Gasteiger charge is 2.10. The second-order valence-electron chi connectivity index (χ2n) is 3.44. The van der Waals surface area contributed by atoms with Crippen molar-refractivity contribution in [1.29, 1.82) is 0 Å². The highest BCUT2D eigenvalue weighted by molar-refractivity contribution is 6.34. The summed E-state index contributed by atoms with van der Waals surface area (Å²) < 4.78 is 6.86. The lowest BCUT2D eigenvalue weighted by molar-refractivity contribution is -0.538. The molecule has 0 aliphatic heterocycles. The van der Waals surface area contributed by atoms with E-state index < -0.39 is 0 Å². The van der Waals surface area contributed by atoms with Gasteiger partial charge in [0.15, 0.2) is 0 Å². The fraction of sp³-hybridized carbons (Fsp3) is 0.455. The normalized spacial score (nSPS) is 12.2. The molecule has 1 aromatic heterocycles. The lowest BCUT2D eigenvalue weighted by atomic mass is 9.76. The third kappa shape index (κ3) is 3.38. The molecule has 0 bridgehead atoms. The maximum atomic E-state index is 11.4. The van der Waals surface area contributed by atoms with E-state index in [9.17, 15) is 4.79 Å². The summed E-state index contributed by atoms with van der Waals surface area (Å²) in [5.74, 6) is -0.413. The third-order valence-corrected chi connectivity index (χ3v) is 2.15. The average molecular weight is 205 g/mol. The van der Waals surface area contributed by atoms with E-state index in [4.69, 9.17) is 4.74 Å². The number of aryl methyl sites for hydroxylation is 1. The fourth-order valence-electron chi connectivity index (χ4n) is 1.28. The van der Waals surface area contributed by atoms with E-state index in [2.05, 4.69) is 0 Å². The standard InChI is InChI=1S/C11H16BNO2/c1-4-15-11(14)10(3)12-13-8-6-5-7-9(13)2/h5-8,10H,4H2,1-3H3/t10-/m1/s1. The highest BCUT2D eigenvalue weighted by atomic mass is 16.5. The molecular weight excluding hydrogens is 189 g/mol. The number of nitrogens with zero attached hydrogens (tertiary/aromatic N) is 1. The van der Waals surface area contributed by atoms with Crippen LogP contribution in [0.1, 0.15) is 19.5 Å². The molecule has 80 valence electrons. The summed E-state index contributed by atoms with van der Waals surface area (Å²) in [6.45, 7) is 6.06. The van der Waals surface area contributed by atoms with Crippen molar-refractivity contribution in [3.8, 4) is 0 Å². The fourth-order valence-corrected chi connectivity index (χ4v) is 1.28. The lowest BCUT2D eigenvalue weighted by Crippen LogP contribution is -2.46. The summed E-state index contributed by atoms with van der Waals surface area (Å²) in [5, 5.41) is 0. The van der Waals surface area contributed by atoms with Crippen LogP contribution in [0.25, 0.3) is 0 Å². The zero-order valence-electron chi connectivity index (χ0n) is 9.43. The van der Waals surface area contributed by atoms with Crippen LogP contribution in [0.5, 0.6) is 0 Å². The molecular formula is C11H16BNO2. The van der Waals surface area contributed by atoms with Crippen LogP contribution in [-0.2, 0) is 9.53 Å². The molecule has 0 aliphatic rings. The predicted molar refractivity (Wildman–Crippen MR) is 58.6 cm³/mol. The molecule has 0 saturated heterocycles. The molecule has 0 spiro atoms. The molecule has 2 radical (unpaired) electrons. The first-order valence-electron chi connectivity index (χ1n) is 5.13. The van der Waals surface area contributed by atoms with Crippen LogP contribution in [0.4, 0.5) is 0 Å². The van der Waals surface area contributed by atoms with E-state index in [1.54, 1.807) is 0 Å². The van der Waals surface area contributed by atoms with Gasteiger partial charge in [0.05, 0.1) is 14.0 Å². The van der Waals surface area contributed by atoms with Crippen molar-refractivity contribution in [2.45, 2.75) is 26.6 Å². The summed E-state index contributed by atoms with van der Waals surface area (Å²) in [7, 11) is 1.85. The van der Waals surface area contributed by atoms with Crippen molar-refractivity contribution in [2.24, 2.45) is 0 Å². The zero-order chi connectivity index (χ0) is 11.3. The van der Waals surface area contributed by atoms with Crippen molar-refractivity contribution < 1.29 is 14.0 Å². The van der Waals surface area contributed by atoms with Crippen molar-refractivity contribution in [3.05, 3.63) is 30.1 Å². The number of aromatic nitrogens is 1. The average Bonchev–Trinajstić information content (AvgIpc) is 2.21. The predicted octanol–water partition coefficient (Wildman–Crippen LogP) is 1.12. The van der Waals surface area contributed by atoms with E-state index in [0.29, 0.717) is 6.61 Å². The largest absolute Gasteiger partial charge is 0.475 e. The Hall–Kier alpha value is -1.32. The van der Waals surface area contributed by atoms with Gasteiger partial charge >= 0.3 is 0 Å². The molecule has 0 unspecified atom stereocenters. The SMILES string of the molecule is CCOC(=O)[C@@H](C)[B-][n+]1ccccc1C. The molecule has 0 aromatic carbocycles. The molecule has 0 aliphatic carbocycles. The Morgan fingerprint density at radius 2 is 2.33 bits per heavy atom. The van der Waals surface area contributed by atoms with Gasteiger partial charge in [-0.1, -0.05) is 18.8 Å². The van der Waals surface area contributed by atoms with Gasteiger partial charge in [0.25, 0.3) is 5.97 Å². The van der Waals surface area contributed by atoms with Crippen LogP contribution in [0.15, 0.2) is 24.4 Å². The van der Waals surface area contributed by atoms with E-state index in [1.165, 1.54) is 0 Å². The summed E-state index contributed by atoms with van der Waals surface area (Å²) in [4.78, 5) is 11.4. The van der Waals surface area contributed by atoms with Gasteiger partial charge in [-0.3, -0.25) is 4.79 Å². The van der Waals surface area contributed by atoms with E-state index >= 15 is 0 Å². The van der Waals surface area contributed by atoms with Gasteiger partial charge in [0.1, 0.15) is 11.9 Å².